The van der Waals surface area contributed by atoms with Gasteiger partial charge in [-0.25, -0.2) is 0 Å². The highest BCUT2D eigenvalue weighted by molar-refractivity contribution is 5.88. The molecular formula is C8H17N3O2. The summed E-state index contributed by atoms with van der Waals surface area (Å²) in [6.07, 6.45) is 0. The summed E-state index contributed by atoms with van der Waals surface area (Å²) in [4.78, 5) is 21.8. The van der Waals surface area contributed by atoms with Crippen molar-refractivity contribution in [1.82, 2.24) is 5.32 Å². The Morgan fingerprint density at radius 2 is 1.69 bits per heavy atom. The molecule has 0 radical (unpaired) electrons. The average Bonchev–Trinajstić information content (AvgIpc) is 2.02. The third-order valence-electron chi connectivity index (χ3n) is 1.81. The summed E-state index contributed by atoms with van der Waals surface area (Å²) >= 11 is 0. The zero-order valence-corrected chi connectivity index (χ0v) is 8.20. The van der Waals surface area contributed by atoms with Crippen LogP contribution in [0.1, 0.15) is 20.8 Å². The minimum atomic E-state index is -0.669. The normalized spacial score (nSPS) is 15.2. The van der Waals surface area contributed by atoms with Gasteiger partial charge in [0.25, 0.3) is 0 Å². The van der Waals surface area contributed by atoms with Crippen molar-refractivity contribution in [1.29, 1.82) is 0 Å². The van der Waals surface area contributed by atoms with E-state index in [1.807, 2.05) is 13.8 Å². The minimum Gasteiger partial charge on any atom is -0.368 e. The molecule has 2 unspecified atom stereocenters. The van der Waals surface area contributed by atoms with Crippen molar-refractivity contribution in [3.63, 3.8) is 0 Å². The molecule has 0 aromatic heterocycles. The van der Waals surface area contributed by atoms with Crippen LogP contribution in [0.3, 0.4) is 0 Å². The molecule has 0 saturated heterocycles. The number of nitrogens with two attached hydrogens (primary N) is 2. The molecule has 76 valence electrons. The maximum absolute atomic E-state index is 11.3. The molecular weight excluding hydrogens is 170 g/mol. The number of primary amides is 1. The van der Waals surface area contributed by atoms with Gasteiger partial charge >= 0.3 is 0 Å². The fourth-order valence-electron chi connectivity index (χ4n) is 0.683. The second kappa shape index (κ2) is 4.81. The molecule has 0 saturated carbocycles. The highest BCUT2D eigenvalue weighted by Crippen LogP contribution is 1.98. The molecule has 0 bridgehead atoms. The Balaban J connectivity index is 4.08. The molecule has 0 aliphatic carbocycles. The van der Waals surface area contributed by atoms with E-state index >= 15 is 0 Å². The first-order valence-electron chi connectivity index (χ1n) is 4.21. The first-order chi connectivity index (χ1) is 5.86. The third-order valence-corrected chi connectivity index (χ3v) is 1.81. The lowest BCUT2D eigenvalue weighted by atomic mass is 10.0. The van der Waals surface area contributed by atoms with E-state index in [1.165, 1.54) is 6.92 Å². The lowest BCUT2D eigenvalue weighted by molar-refractivity contribution is -0.128. The lowest BCUT2D eigenvalue weighted by Crippen LogP contribution is -2.50. The van der Waals surface area contributed by atoms with Gasteiger partial charge in [0.15, 0.2) is 0 Å². The zero-order valence-electron chi connectivity index (χ0n) is 8.20. The summed E-state index contributed by atoms with van der Waals surface area (Å²) in [7, 11) is 0. The van der Waals surface area contributed by atoms with Gasteiger partial charge in [0.1, 0.15) is 6.04 Å². The predicted octanol–water partition coefficient (Wildman–Crippen LogP) is -1.04. The fraction of sp³-hybridized carbons (Fsp3) is 0.750. The van der Waals surface area contributed by atoms with Crippen LogP contribution in [0, 0.1) is 5.92 Å². The van der Waals surface area contributed by atoms with Crippen LogP contribution in [-0.2, 0) is 9.59 Å². The Hall–Kier alpha value is -1.10. The van der Waals surface area contributed by atoms with Crippen molar-refractivity contribution in [2.24, 2.45) is 17.4 Å². The second-order valence-corrected chi connectivity index (χ2v) is 3.40. The van der Waals surface area contributed by atoms with Gasteiger partial charge in [-0.05, 0) is 12.8 Å². The Labute approximate surface area is 77.8 Å². The van der Waals surface area contributed by atoms with Gasteiger partial charge in [-0.15, -0.1) is 0 Å². The Kier molecular flexibility index (Phi) is 4.40. The van der Waals surface area contributed by atoms with Gasteiger partial charge in [-0.2, -0.15) is 0 Å². The average molecular weight is 187 g/mol. The van der Waals surface area contributed by atoms with Gasteiger partial charge in [0, 0.05) is 0 Å². The number of carbonyl (C=O) groups excluding carboxylic acids is 2. The van der Waals surface area contributed by atoms with E-state index in [4.69, 9.17) is 11.5 Å². The van der Waals surface area contributed by atoms with E-state index in [1.54, 1.807) is 0 Å². The van der Waals surface area contributed by atoms with Crippen molar-refractivity contribution < 1.29 is 9.59 Å². The molecule has 5 heteroatoms. The number of hydrogen-bond acceptors (Lipinski definition) is 3. The van der Waals surface area contributed by atoms with Gasteiger partial charge in [0.05, 0.1) is 6.04 Å². The number of hydrogen-bond donors (Lipinski definition) is 3. The molecule has 0 heterocycles. The van der Waals surface area contributed by atoms with E-state index in [2.05, 4.69) is 5.32 Å². The Morgan fingerprint density at radius 3 is 2.00 bits per heavy atom. The van der Waals surface area contributed by atoms with Crippen molar-refractivity contribution in [3.05, 3.63) is 0 Å². The van der Waals surface area contributed by atoms with Gasteiger partial charge in [-0.3, -0.25) is 9.59 Å². The number of carbonyl (C=O) groups is 2. The summed E-state index contributed by atoms with van der Waals surface area (Å²) in [6.45, 7) is 5.19. The standard InChI is InChI=1S/C8H17N3O2/c1-4(2)6(9)8(13)11-5(3)7(10)12/h4-6H,9H2,1-3H3,(H2,10,12)(H,11,13). The largest absolute Gasteiger partial charge is 0.368 e. The molecule has 0 fully saturated rings. The fourth-order valence-corrected chi connectivity index (χ4v) is 0.683. The molecule has 5 nitrogen and oxygen atoms in total. The maximum atomic E-state index is 11.3. The molecule has 0 aromatic rings. The molecule has 2 amide bonds. The summed E-state index contributed by atoms with van der Waals surface area (Å²) in [5, 5.41) is 2.42. The zero-order chi connectivity index (χ0) is 10.6. The molecule has 13 heavy (non-hydrogen) atoms. The highest BCUT2D eigenvalue weighted by Gasteiger charge is 2.20. The van der Waals surface area contributed by atoms with Crippen LogP contribution in [0.5, 0.6) is 0 Å². The number of amides is 2. The topological polar surface area (TPSA) is 98.2 Å². The molecule has 0 aliphatic heterocycles. The summed E-state index contributed by atoms with van der Waals surface area (Å²) < 4.78 is 0. The molecule has 0 aromatic carbocycles. The number of nitrogens with one attached hydrogen (secondary N) is 1. The van der Waals surface area contributed by atoms with Crippen LogP contribution in [0.2, 0.25) is 0 Å². The van der Waals surface area contributed by atoms with E-state index in [0.29, 0.717) is 0 Å². The van der Waals surface area contributed by atoms with Gasteiger partial charge < -0.3 is 16.8 Å². The van der Waals surface area contributed by atoms with Crippen LogP contribution in [0.25, 0.3) is 0 Å². The van der Waals surface area contributed by atoms with Gasteiger partial charge in [0.2, 0.25) is 11.8 Å². The maximum Gasteiger partial charge on any atom is 0.239 e. The van der Waals surface area contributed by atoms with Crippen LogP contribution < -0.4 is 16.8 Å². The Bertz CT molecular complexity index is 204. The van der Waals surface area contributed by atoms with E-state index < -0.39 is 18.0 Å². The number of rotatable bonds is 4. The SMILES string of the molecule is CC(NC(=O)C(N)C(C)C)C(N)=O. The quantitative estimate of drug-likeness (QED) is 0.524. The summed E-state index contributed by atoms with van der Waals surface area (Å²) in [5.74, 6) is -0.870. The van der Waals surface area contributed by atoms with Crippen molar-refractivity contribution >= 4 is 11.8 Å². The first-order valence-corrected chi connectivity index (χ1v) is 4.21. The van der Waals surface area contributed by atoms with Crippen LogP contribution in [0.15, 0.2) is 0 Å². The molecule has 5 N–H and O–H groups in total. The molecule has 0 rings (SSSR count). The van der Waals surface area contributed by atoms with Gasteiger partial charge in [-0.1, -0.05) is 13.8 Å². The van der Waals surface area contributed by atoms with Crippen LogP contribution >= 0.6 is 0 Å². The second-order valence-electron chi connectivity index (χ2n) is 3.40. The molecule has 0 spiro atoms. The van der Waals surface area contributed by atoms with E-state index in [-0.39, 0.29) is 11.8 Å². The molecule has 2 atom stereocenters. The first kappa shape index (κ1) is 11.9. The monoisotopic (exact) mass is 187 g/mol. The third kappa shape index (κ3) is 3.89. The summed E-state index contributed by atoms with van der Waals surface area (Å²) in [5.41, 5.74) is 10.5. The van der Waals surface area contributed by atoms with E-state index in [0.717, 1.165) is 0 Å². The lowest BCUT2D eigenvalue weighted by Gasteiger charge is -2.17. The summed E-state index contributed by atoms with van der Waals surface area (Å²) in [6, 6.07) is -1.26. The highest BCUT2D eigenvalue weighted by atomic mass is 16.2. The Morgan fingerprint density at radius 1 is 1.23 bits per heavy atom. The van der Waals surface area contributed by atoms with E-state index in [9.17, 15) is 9.59 Å². The van der Waals surface area contributed by atoms with Crippen LogP contribution in [-0.4, -0.2) is 23.9 Å². The minimum absolute atomic E-state index is 0.0417. The van der Waals surface area contributed by atoms with Crippen molar-refractivity contribution in [2.45, 2.75) is 32.9 Å². The smallest absolute Gasteiger partial charge is 0.239 e. The van der Waals surface area contributed by atoms with Crippen LogP contribution in [0.4, 0.5) is 0 Å². The predicted molar refractivity (Wildman–Crippen MR) is 49.6 cm³/mol. The van der Waals surface area contributed by atoms with Crippen molar-refractivity contribution in [2.75, 3.05) is 0 Å². The van der Waals surface area contributed by atoms with Crippen molar-refractivity contribution in [3.8, 4) is 0 Å². The molecule has 0 aliphatic rings.